The highest BCUT2D eigenvalue weighted by Gasteiger charge is 2.16. The van der Waals surface area contributed by atoms with E-state index in [2.05, 4.69) is 10.1 Å². The fourth-order valence-electron chi connectivity index (χ4n) is 1.16. The van der Waals surface area contributed by atoms with Crippen molar-refractivity contribution in [2.45, 2.75) is 6.42 Å². The van der Waals surface area contributed by atoms with Crippen molar-refractivity contribution in [1.29, 1.82) is 0 Å². The van der Waals surface area contributed by atoms with E-state index in [-0.39, 0.29) is 24.6 Å². The van der Waals surface area contributed by atoms with E-state index in [0.717, 1.165) is 6.07 Å². The predicted molar refractivity (Wildman–Crippen MR) is 59.7 cm³/mol. The van der Waals surface area contributed by atoms with E-state index in [0.29, 0.717) is 6.07 Å². The third kappa shape index (κ3) is 3.41. The summed E-state index contributed by atoms with van der Waals surface area (Å²) in [6.07, 6.45) is -0.0411. The first-order valence-electron chi connectivity index (χ1n) is 5.08. The van der Waals surface area contributed by atoms with E-state index in [9.17, 15) is 18.4 Å². The van der Waals surface area contributed by atoms with Crippen molar-refractivity contribution in [3.8, 4) is 0 Å². The van der Waals surface area contributed by atoms with E-state index in [1.807, 2.05) is 0 Å². The van der Waals surface area contributed by atoms with Crippen LogP contribution in [0.5, 0.6) is 0 Å². The number of hydrogen-bond acceptors (Lipinski definition) is 4. The smallest absolute Gasteiger partial charge is 0.341 e. The van der Waals surface area contributed by atoms with Crippen LogP contribution in [0.2, 0.25) is 0 Å². The average molecular weight is 258 g/mol. The van der Waals surface area contributed by atoms with E-state index in [4.69, 9.17) is 5.73 Å². The first-order valence-corrected chi connectivity index (χ1v) is 5.08. The van der Waals surface area contributed by atoms with Crippen molar-refractivity contribution in [2.75, 3.05) is 19.4 Å². The zero-order chi connectivity index (χ0) is 13.7. The second kappa shape index (κ2) is 5.95. The highest BCUT2D eigenvalue weighted by molar-refractivity contribution is 5.91. The van der Waals surface area contributed by atoms with Gasteiger partial charge in [-0.2, -0.15) is 0 Å². The molecule has 5 nitrogen and oxygen atoms in total. The van der Waals surface area contributed by atoms with Crippen molar-refractivity contribution < 1.29 is 23.1 Å². The number of ether oxygens (including phenoxy) is 1. The molecular formula is C11H12F2N2O3. The van der Waals surface area contributed by atoms with Gasteiger partial charge < -0.3 is 15.8 Å². The molecule has 1 aromatic carbocycles. The van der Waals surface area contributed by atoms with Gasteiger partial charge in [0.05, 0.1) is 17.7 Å². The quantitative estimate of drug-likeness (QED) is 0.619. The summed E-state index contributed by atoms with van der Waals surface area (Å²) in [5, 5.41) is 2.33. The molecule has 0 aromatic heterocycles. The lowest BCUT2D eigenvalue weighted by Gasteiger charge is -2.06. The Kier molecular flexibility index (Phi) is 4.59. The number of anilines is 1. The van der Waals surface area contributed by atoms with Gasteiger partial charge in [-0.05, 0) is 6.07 Å². The van der Waals surface area contributed by atoms with Gasteiger partial charge in [-0.1, -0.05) is 0 Å². The van der Waals surface area contributed by atoms with Gasteiger partial charge in [0, 0.05) is 13.1 Å². The molecule has 3 N–H and O–H groups in total. The van der Waals surface area contributed by atoms with E-state index < -0.39 is 23.2 Å². The van der Waals surface area contributed by atoms with Crippen molar-refractivity contribution in [3.05, 3.63) is 29.3 Å². The molecule has 0 saturated carbocycles. The Morgan fingerprint density at radius 3 is 2.61 bits per heavy atom. The van der Waals surface area contributed by atoms with Gasteiger partial charge in [0.1, 0.15) is 18.2 Å². The third-order valence-electron chi connectivity index (χ3n) is 2.15. The Morgan fingerprint density at radius 2 is 2.00 bits per heavy atom. The van der Waals surface area contributed by atoms with Crippen LogP contribution in [0.4, 0.5) is 14.5 Å². The standard InChI is InChI=1S/C11H12F2N2O3/c1-15-10(16)2-3-18-11(17)6-4-9(14)8(13)5-7(6)12/h4-5H,2-3,14H2,1H3,(H,15,16). The summed E-state index contributed by atoms with van der Waals surface area (Å²) < 4.78 is 30.8. The lowest BCUT2D eigenvalue weighted by atomic mass is 10.2. The molecule has 0 atom stereocenters. The van der Waals surface area contributed by atoms with Gasteiger partial charge in [-0.3, -0.25) is 4.79 Å². The number of rotatable bonds is 4. The molecule has 98 valence electrons. The lowest BCUT2D eigenvalue weighted by Crippen LogP contribution is -2.20. The number of benzene rings is 1. The molecule has 0 unspecified atom stereocenters. The first kappa shape index (κ1) is 13.9. The SMILES string of the molecule is CNC(=O)CCOC(=O)c1cc(N)c(F)cc1F. The predicted octanol–water partition coefficient (Wildman–Crippen LogP) is 0.840. The van der Waals surface area contributed by atoms with Crippen LogP contribution in [0.3, 0.4) is 0 Å². The molecule has 1 rings (SSSR count). The highest BCUT2D eigenvalue weighted by atomic mass is 19.1. The molecule has 0 aliphatic heterocycles. The molecule has 1 aromatic rings. The van der Waals surface area contributed by atoms with Crippen LogP contribution in [-0.4, -0.2) is 25.5 Å². The maximum absolute atomic E-state index is 13.3. The number of nitrogens with two attached hydrogens (primary N) is 1. The Hall–Kier alpha value is -2.18. The molecule has 7 heteroatoms. The van der Waals surface area contributed by atoms with E-state index in [1.54, 1.807) is 0 Å². The number of amides is 1. The molecule has 0 heterocycles. The molecule has 1 amide bonds. The molecule has 0 aliphatic rings. The highest BCUT2D eigenvalue weighted by Crippen LogP contribution is 2.17. The fourth-order valence-corrected chi connectivity index (χ4v) is 1.16. The maximum atomic E-state index is 13.3. The minimum Gasteiger partial charge on any atom is -0.461 e. The summed E-state index contributed by atoms with van der Waals surface area (Å²) >= 11 is 0. The number of hydrogen-bond donors (Lipinski definition) is 2. The maximum Gasteiger partial charge on any atom is 0.341 e. The van der Waals surface area contributed by atoms with E-state index in [1.165, 1.54) is 7.05 Å². The largest absolute Gasteiger partial charge is 0.461 e. The van der Waals surface area contributed by atoms with Gasteiger partial charge in [0.25, 0.3) is 0 Å². The Labute approximate surface area is 102 Å². The van der Waals surface area contributed by atoms with Gasteiger partial charge >= 0.3 is 5.97 Å². The second-order valence-corrected chi connectivity index (χ2v) is 3.41. The number of halogens is 2. The summed E-state index contributed by atoms with van der Waals surface area (Å²) in [5.41, 5.74) is 4.39. The molecule has 0 bridgehead atoms. The molecule has 0 saturated heterocycles. The van der Waals surface area contributed by atoms with Crippen molar-refractivity contribution in [2.24, 2.45) is 0 Å². The number of carbonyl (C=O) groups is 2. The Bertz CT molecular complexity index is 478. The molecule has 0 spiro atoms. The van der Waals surface area contributed by atoms with Crippen molar-refractivity contribution in [1.82, 2.24) is 5.32 Å². The van der Waals surface area contributed by atoms with Crippen LogP contribution in [0.25, 0.3) is 0 Å². The monoisotopic (exact) mass is 258 g/mol. The Morgan fingerprint density at radius 1 is 1.33 bits per heavy atom. The number of nitrogen functional groups attached to an aromatic ring is 1. The lowest BCUT2D eigenvalue weighted by molar-refractivity contribution is -0.121. The zero-order valence-corrected chi connectivity index (χ0v) is 9.63. The normalized spacial score (nSPS) is 9.94. The van der Waals surface area contributed by atoms with Gasteiger partial charge in [-0.25, -0.2) is 13.6 Å². The molecule has 18 heavy (non-hydrogen) atoms. The topological polar surface area (TPSA) is 81.4 Å². The summed E-state index contributed by atoms with van der Waals surface area (Å²) in [6.45, 7) is -0.199. The molecule has 0 fully saturated rings. The van der Waals surface area contributed by atoms with Crippen LogP contribution in [0, 0.1) is 11.6 Å². The zero-order valence-electron chi connectivity index (χ0n) is 9.63. The Balaban J connectivity index is 2.67. The van der Waals surface area contributed by atoms with Crippen LogP contribution in [-0.2, 0) is 9.53 Å². The molecule has 0 aliphatic carbocycles. The molecular weight excluding hydrogens is 246 g/mol. The van der Waals surface area contributed by atoms with Crippen LogP contribution < -0.4 is 11.1 Å². The van der Waals surface area contributed by atoms with Crippen LogP contribution in [0.1, 0.15) is 16.8 Å². The number of carbonyl (C=O) groups excluding carboxylic acids is 2. The third-order valence-corrected chi connectivity index (χ3v) is 2.15. The summed E-state index contributed by atoms with van der Waals surface area (Å²) in [4.78, 5) is 22.3. The summed E-state index contributed by atoms with van der Waals surface area (Å²) in [6, 6.07) is 1.36. The van der Waals surface area contributed by atoms with Crippen molar-refractivity contribution in [3.63, 3.8) is 0 Å². The number of nitrogens with one attached hydrogen (secondary N) is 1. The fraction of sp³-hybridized carbons (Fsp3) is 0.273. The second-order valence-electron chi connectivity index (χ2n) is 3.41. The van der Waals surface area contributed by atoms with Gasteiger partial charge in [0.2, 0.25) is 5.91 Å². The van der Waals surface area contributed by atoms with Crippen LogP contribution >= 0.6 is 0 Å². The van der Waals surface area contributed by atoms with Crippen LogP contribution in [0.15, 0.2) is 12.1 Å². The first-order chi connectivity index (χ1) is 8.45. The average Bonchev–Trinajstić information content (AvgIpc) is 2.33. The summed E-state index contributed by atoms with van der Waals surface area (Å²) in [7, 11) is 1.44. The van der Waals surface area contributed by atoms with Gasteiger partial charge in [-0.15, -0.1) is 0 Å². The number of esters is 1. The van der Waals surface area contributed by atoms with Crippen molar-refractivity contribution >= 4 is 17.6 Å². The minimum atomic E-state index is -1.06. The molecule has 0 radical (unpaired) electrons. The minimum absolute atomic E-state index is 0.0411. The summed E-state index contributed by atoms with van der Waals surface area (Å²) in [5.74, 6) is -3.33. The van der Waals surface area contributed by atoms with Gasteiger partial charge in [0.15, 0.2) is 0 Å². The van der Waals surface area contributed by atoms with E-state index >= 15 is 0 Å².